The van der Waals surface area contributed by atoms with Gasteiger partial charge in [-0.25, -0.2) is 9.97 Å². The fourth-order valence-electron chi connectivity index (χ4n) is 3.41. The summed E-state index contributed by atoms with van der Waals surface area (Å²) in [7, 11) is 0. The Morgan fingerprint density at radius 2 is 2.05 bits per heavy atom. The number of rotatable bonds is 2. The standard InChI is InChI=1S/C16H22N4/c1-11-3-5-14(12(2)7-11)20-10-18-9-15(20)13-4-6-16(17)19-8-13/h4,6,8-12,14H,3,5,7H2,1-2H3,(H2,17,19). The van der Waals surface area contributed by atoms with Crippen molar-refractivity contribution in [3.05, 3.63) is 30.9 Å². The maximum absolute atomic E-state index is 5.66. The van der Waals surface area contributed by atoms with E-state index in [0.29, 0.717) is 17.8 Å². The van der Waals surface area contributed by atoms with Gasteiger partial charge in [-0.05, 0) is 43.2 Å². The minimum atomic E-state index is 0.543. The number of aromatic nitrogens is 3. The van der Waals surface area contributed by atoms with Gasteiger partial charge in [-0.1, -0.05) is 13.8 Å². The number of imidazole rings is 1. The highest BCUT2D eigenvalue weighted by molar-refractivity contribution is 5.59. The van der Waals surface area contributed by atoms with Crippen molar-refractivity contribution >= 4 is 5.82 Å². The van der Waals surface area contributed by atoms with E-state index in [1.165, 1.54) is 19.3 Å². The number of nitrogens with two attached hydrogens (primary N) is 1. The van der Waals surface area contributed by atoms with Crippen molar-refractivity contribution in [2.45, 2.75) is 39.2 Å². The van der Waals surface area contributed by atoms with Crippen LogP contribution in [0.3, 0.4) is 0 Å². The van der Waals surface area contributed by atoms with E-state index in [1.807, 2.05) is 30.9 Å². The van der Waals surface area contributed by atoms with E-state index < -0.39 is 0 Å². The summed E-state index contributed by atoms with van der Waals surface area (Å²) < 4.78 is 2.32. The lowest BCUT2D eigenvalue weighted by atomic mass is 9.79. The summed E-state index contributed by atoms with van der Waals surface area (Å²) in [6.07, 6.45) is 9.54. The van der Waals surface area contributed by atoms with E-state index in [2.05, 4.69) is 28.4 Å². The number of anilines is 1. The number of hydrogen-bond donors (Lipinski definition) is 1. The van der Waals surface area contributed by atoms with Gasteiger partial charge in [0.25, 0.3) is 0 Å². The van der Waals surface area contributed by atoms with E-state index in [4.69, 9.17) is 5.73 Å². The number of hydrogen-bond acceptors (Lipinski definition) is 3. The van der Waals surface area contributed by atoms with E-state index in [-0.39, 0.29) is 0 Å². The predicted octanol–water partition coefficient (Wildman–Crippen LogP) is 3.52. The third kappa shape index (κ3) is 2.42. The average Bonchev–Trinajstić information content (AvgIpc) is 2.88. The summed E-state index contributed by atoms with van der Waals surface area (Å²) in [5.41, 5.74) is 7.89. The topological polar surface area (TPSA) is 56.7 Å². The zero-order valence-corrected chi connectivity index (χ0v) is 12.2. The van der Waals surface area contributed by atoms with Crippen molar-refractivity contribution < 1.29 is 0 Å². The zero-order valence-electron chi connectivity index (χ0n) is 12.2. The summed E-state index contributed by atoms with van der Waals surface area (Å²) in [5, 5.41) is 0. The molecule has 4 nitrogen and oxygen atoms in total. The monoisotopic (exact) mass is 270 g/mol. The van der Waals surface area contributed by atoms with Crippen LogP contribution in [0.1, 0.15) is 39.2 Å². The third-order valence-corrected chi connectivity index (χ3v) is 4.49. The molecule has 1 aliphatic rings. The molecule has 0 spiro atoms. The van der Waals surface area contributed by atoms with Crippen LogP contribution in [0, 0.1) is 11.8 Å². The lowest BCUT2D eigenvalue weighted by molar-refractivity contribution is 0.209. The summed E-state index contributed by atoms with van der Waals surface area (Å²) in [4.78, 5) is 8.54. The molecule has 2 heterocycles. The smallest absolute Gasteiger partial charge is 0.123 e. The Morgan fingerprint density at radius 3 is 2.75 bits per heavy atom. The fraction of sp³-hybridized carbons (Fsp3) is 0.500. The van der Waals surface area contributed by atoms with Gasteiger partial charge in [-0.15, -0.1) is 0 Å². The van der Waals surface area contributed by atoms with Crippen molar-refractivity contribution in [2.24, 2.45) is 11.8 Å². The first kappa shape index (κ1) is 13.2. The van der Waals surface area contributed by atoms with Crippen LogP contribution in [0.4, 0.5) is 5.82 Å². The molecular formula is C16H22N4. The quantitative estimate of drug-likeness (QED) is 0.908. The molecule has 20 heavy (non-hydrogen) atoms. The van der Waals surface area contributed by atoms with Crippen LogP contribution < -0.4 is 5.73 Å². The molecule has 2 N–H and O–H groups in total. The normalized spacial score (nSPS) is 26.6. The Hall–Kier alpha value is -1.84. The predicted molar refractivity (Wildman–Crippen MR) is 81.1 cm³/mol. The van der Waals surface area contributed by atoms with Crippen LogP contribution in [-0.4, -0.2) is 14.5 Å². The molecule has 3 rings (SSSR count). The first-order valence-corrected chi connectivity index (χ1v) is 7.39. The molecule has 2 aromatic heterocycles. The molecule has 0 amide bonds. The van der Waals surface area contributed by atoms with Gasteiger partial charge < -0.3 is 10.3 Å². The summed E-state index contributed by atoms with van der Waals surface area (Å²) in [5.74, 6) is 2.08. The molecule has 0 aromatic carbocycles. The van der Waals surface area contributed by atoms with Gasteiger partial charge in [-0.3, -0.25) is 0 Å². The summed E-state index contributed by atoms with van der Waals surface area (Å²) in [6, 6.07) is 4.41. The molecule has 3 atom stereocenters. The van der Waals surface area contributed by atoms with Crippen molar-refractivity contribution in [2.75, 3.05) is 5.73 Å². The highest BCUT2D eigenvalue weighted by atomic mass is 15.1. The number of nitrogen functional groups attached to an aromatic ring is 1. The highest BCUT2D eigenvalue weighted by Gasteiger charge is 2.27. The number of nitrogens with zero attached hydrogens (tertiary/aromatic N) is 3. The van der Waals surface area contributed by atoms with E-state index in [1.54, 1.807) is 0 Å². The molecule has 0 aliphatic heterocycles. The van der Waals surface area contributed by atoms with Crippen LogP contribution >= 0.6 is 0 Å². The molecular weight excluding hydrogens is 248 g/mol. The van der Waals surface area contributed by atoms with Crippen LogP contribution in [-0.2, 0) is 0 Å². The van der Waals surface area contributed by atoms with Crippen LogP contribution in [0.25, 0.3) is 11.3 Å². The van der Waals surface area contributed by atoms with Crippen molar-refractivity contribution in [1.29, 1.82) is 0 Å². The minimum absolute atomic E-state index is 0.543. The Labute approximate surface area is 120 Å². The average molecular weight is 270 g/mol. The molecule has 1 saturated carbocycles. The molecule has 1 aliphatic carbocycles. The second-order valence-corrected chi connectivity index (χ2v) is 6.12. The van der Waals surface area contributed by atoms with Crippen molar-refractivity contribution in [3.63, 3.8) is 0 Å². The SMILES string of the molecule is CC1CCC(n2cncc2-c2ccc(N)nc2)C(C)C1. The van der Waals surface area contributed by atoms with Gasteiger partial charge in [0.15, 0.2) is 0 Å². The molecule has 106 valence electrons. The molecule has 4 heteroatoms. The second-order valence-electron chi connectivity index (χ2n) is 6.12. The first-order valence-electron chi connectivity index (χ1n) is 7.39. The van der Waals surface area contributed by atoms with Crippen molar-refractivity contribution in [1.82, 2.24) is 14.5 Å². The van der Waals surface area contributed by atoms with Gasteiger partial charge in [0.05, 0.1) is 18.2 Å². The highest BCUT2D eigenvalue weighted by Crippen LogP contribution is 2.38. The zero-order chi connectivity index (χ0) is 14.1. The first-order chi connectivity index (χ1) is 9.65. The Bertz CT molecular complexity index is 572. The van der Waals surface area contributed by atoms with Gasteiger partial charge in [0.2, 0.25) is 0 Å². The van der Waals surface area contributed by atoms with Crippen LogP contribution in [0.5, 0.6) is 0 Å². The van der Waals surface area contributed by atoms with Crippen LogP contribution in [0.2, 0.25) is 0 Å². The number of pyridine rings is 1. The third-order valence-electron chi connectivity index (χ3n) is 4.49. The molecule has 1 fully saturated rings. The maximum atomic E-state index is 5.66. The Kier molecular flexibility index (Phi) is 3.47. The van der Waals surface area contributed by atoms with Gasteiger partial charge in [-0.2, -0.15) is 0 Å². The Morgan fingerprint density at radius 1 is 1.20 bits per heavy atom. The fourth-order valence-corrected chi connectivity index (χ4v) is 3.41. The van der Waals surface area contributed by atoms with E-state index in [0.717, 1.165) is 17.2 Å². The largest absolute Gasteiger partial charge is 0.384 e. The van der Waals surface area contributed by atoms with Gasteiger partial charge in [0, 0.05) is 17.8 Å². The maximum Gasteiger partial charge on any atom is 0.123 e. The lowest BCUT2D eigenvalue weighted by Gasteiger charge is -2.34. The van der Waals surface area contributed by atoms with Gasteiger partial charge >= 0.3 is 0 Å². The van der Waals surface area contributed by atoms with E-state index >= 15 is 0 Å². The molecule has 0 bridgehead atoms. The van der Waals surface area contributed by atoms with Gasteiger partial charge in [0.1, 0.15) is 5.82 Å². The minimum Gasteiger partial charge on any atom is -0.384 e. The lowest BCUT2D eigenvalue weighted by Crippen LogP contribution is -2.24. The van der Waals surface area contributed by atoms with Crippen LogP contribution in [0.15, 0.2) is 30.9 Å². The Balaban J connectivity index is 1.92. The van der Waals surface area contributed by atoms with Crippen molar-refractivity contribution in [3.8, 4) is 11.3 Å². The summed E-state index contributed by atoms with van der Waals surface area (Å²) >= 11 is 0. The van der Waals surface area contributed by atoms with E-state index in [9.17, 15) is 0 Å². The molecule has 0 saturated heterocycles. The molecule has 0 radical (unpaired) electrons. The second kappa shape index (κ2) is 5.27. The molecule has 2 aromatic rings. The summed E-state index contributed by atoms with van der Waals surface area (Å²) in [6.45, 7) is 4.71. The molecule has 3 unspecified atom stereocenters.